The van der Waals surface area contributed by atoms with Gasteiger partial charge in [-0.25, -0.2) is 10.0 Å². The summed E-state index contributed by atoms with van der Waals surface area (Å²) in [6.45, 7) is 11.0. The van der Waals surface area contributed by atoms with Gasteiger partial charge in [-0.05, 0) is 44.4 Å². The van der Waals surface area contributed by atoms with Crippen molar-refractivity contribution in [2.24, 2.45) is 11.8 Å². The lowest BCUT2D eigenvalue weighted by atomic mass is 9.91. The van der Waals surface area contributed by atoms with Gasteiger partial charge in [0.15, 0.2) is 0 Å². The molecule has 2 saturated heterocycles. The highest BCUT2D eigenvalue weighted by Gasteiger charge is 2.30. The van der Waals surface area contributed by atoms with E-state index in [1.54, 1.807) is 0 Å². The van der Waals surface area contributed by atoms with Gasteiger partial charge in [-0.3, -0.25) is 0 Å². The van der Waals surface area contributed by atoms with Gasteiger partial charge in [0.05, 0.1) is 0 Å². The van der Waals surface area contributed by atoms with Gasteiger partial charge < -0.3 is 0 Å². The molecule has 0 N–H and O–H groups in total. The predicted molar refractivity (Wildman–Crippen MR) is 78.4 cm³/mol. The third-order valence-electron chi connectivity index (χ3n) is 5.18. The van der Waals surface area contributed by atoms with E-state index < -0.39 is 0 Å². The van der Waals surface area contributed by atoms with Gasteiger partial charge in [-0.1, -0.05) is 33.1 Å². The Morgan fingerprint density at radius 2 is 1.67 bits per heavy atom. The maximum Gasteiger partial charge on any atom is 0.0217 e. The zero-order valence-corrected chi connectivity index (χ0v) is 12.7. The van der Waals surface area contributed by atoms with Crippen molar-refractivity contribution in [3.63, 3.8) is 0 Å². The van der Waals surface area contributed by atoms with Gasteiger partial charge in [0, 0.05) is 25.7 Å². The van der Waals surface area contributed by atoms with Gasteiger partial charge in [0.1, 0.15) is 0 Å². The third-order valence-corrected chi connectivity index (χ3v) is 5.18. The van der Waals surface area contributed by atoms with Crippen LogP contribution in [0.25, 0.3) is 0 Å². The number of piperidine rings is 2. The van der Waals surface area contributed by atoms with Crippen molar-refractivity contribution in [3.05, 3.63) is 0 Å². The van der Waals surface area contributed by atoms with E-state index in [9.17, 15) is 0 Å². The Morgan fingerprint density at radius 3 is 2.28 bits per heavy atom. The minimum Gasteiger partial charge on any atom is -0.242 e. The number of hydrogen-bond acceptors (Lipinski definition) is 2. The molecule has 2 unspecified atom stereocenters. The van der Waals surface area contributed by atoms with Crippen LogP contribution in [0.4, 0.5) is 0 Å². The monoisotopic (exact) mass is 252 g/mol. The van der Waals surface area contributed by atoms with Crippen molar-refractivity contribution < 1.29 is 0 Å². The van der Waals surface area contributed by atoms with Crippen molar-refractivity contribution in [2.45, 2.75) is 71.8 Å². The van der Waals surface area contributed by atoms with Gasteiger partial charge in [0.2, 0.25) is 0 Å². The molecule has 0 amide bonds. The first-order valence-electron chi connectivity index (χ1n) is 8.26. The van der Waals surface area contributed by atoms with Crippen molar-refractivity contribution in [1.29, 1.82) is 0 Å². The lowest BCUT2D eigenvalue weighted by Crippen LogP contribution is -2.54. The van der Waals surface area contributed by atoms with E-state index in [0.717, 1.165) is 17.9 Å². The van der Waals surface area contributed by atoms with E-state index in [4.69, 9.17) is 0 Å². The molecular formula is C16H32N2. The summed E-state index contributed by atoms with van der Waals surface area (Å²) in [6, 6.07) is 0.774. The molecule has 0 aromatic carbocycles. The zero-order valence-electron chi connectivity index (χ0n) is 12.7. The second-order valence-electron chi connectivity index (χ2n) is 6.51. The van der Waals surface area contributed by atoms with E-state index in [2.05, 4.69) is 30.8 Å². The lowest BCUT2D eigenvalue weighted by Gasteiger charge is -2.47. The van der Waals surface area contributed by atoms with E-state index in [1.165, 1.54) is 64.6 Å². The first kappa shape index (κ1) is 14.3. The van der Waals surface area contributed by atoms with Gasteiger partial charge >= 0.3 is 0 Å². The number of hydrogen-bond donors (Lipinski definition) is 0. The molecule has 0 bridgehead atoms. The Morgan fingerprint density at radius 1 is 0.944 bits per heavy atom. The summed E-state index contributed by atoms with van der Waals surface area (Å²) in [4.78, 5) is 0. The first-order valence-corrected chi connectivity index (χ1v) is 8.26. The molecule has 0 aromatic rings. The minimum atomic E-state index is 0.774. The fraction of sp³-hybridized carbons (Fsp3) is 1.00. The Kier molecular flexibility index (Phi) is 5.50. The summed E-state index contributed by atoms with van der Waals surface area (Å²) in [5.74, 6) is 1.95. The van der Waals surface area contributed by atoms with Crippen molar-refractivity contribution in [3.8, 4) is 0 Å². The highest BCUT2D eigenvalue weighted by atomic mass is 15.6. The third kappa shape index (κ3) is 3.48. The molecular weight excluding hydrogens is 220 g/mol. The number of rotatable bonds is 4. The smallest absolute Gasteiger partial charge is 0.0217 e. The van der Waals surface area contributed by atoms with Crippen LogP contribution in [-0.4, -0.2) is 35.7 Å². The number of hydrazine groups is 1. The average Bonchev–Trinajstić information content (AvgIpc) is 2.41. The van der Waals surface area contributed by atoms with Crippen LogP contribution < -0.4 is 0 Å². The van der Waals surface area contributed by atoms with Crippen molar-refractivity contribution >= 4 is 0 Å². The second-order valence-corrected chi connectivity index (χ2v) is 6.51. The van der Waals surface area contributed by atoms with Gasteiger partial charge in [0.25, 0.3) is 0 Å². The van der Waals surface area contributed by atoms with E-state index in [-0.39, 0.29) is 0 Å². The second kappa shape index (κ2) is 6.91. The largest absolute Gasteiger partial charge is 0.242 e. The molecule has 106 valence electrons. The Labute approximate surface area is 114 Å². The van der Waals surface area contributed by atoms with Crippen LogP contribution in [-0.2, 0) is 0 Å². The molecule has 2 fully saturated rings. The highest BCUT2D eigenvalue weighted by Crippen LogP contribution is 2.29. The van der Waals surface area contributed by atoms with Crippen LogP contribution in [0.5, 0.6) is 0 Å². The minimum absolute atomic E-state index is 0.774. The molecule has 2 nitrogen and oxygen atoms in total. The molecule has 0 aromatic heterocycles. The summed E-state index contributed by atoms with van der Waals surface area (Å²) in [6.07, 6.45) is 9.86. The Bertz CT molecular complexity index is 233. The molecule has 0 saturated carbocycles. The van der Waals surface area contributed by atoms with Crippen molar-refractivity contribution in [1.82, 2.24) is 10.0 Å². The molecule has 2 aliphatic rings. The molecule has 0 radical (unpaired) electrons. The summed E-state index contributed by atoms with van der Waals surface area (Å²) in [7, 11) is 0. The van der Waals surface area contributed by atoms with Crippen LogP contribution in [0.1, 0.15) is 65.7 Å². The zero-order chi connectivity index (χ0) is 13.0. The molecule has 0 aliphatic carbocycles. The van der Waals surface area contributed by atoms with Gasteiger partial charge in [-0.15, -0.1) is 0 Å². The Balaban J connectivity index is 1.83. The first-order chi connectivity index (χ1) is 8.74. The van der Waals surface area contributed by atoms with E-state index >= 15 is 0 Å². The van der Waals surface area contributed by atoms with E-state index in [1.807, 2.05) is 0 Å². The molecule has 2 heteroatoms. The molecule has 2 heterocycles. The number of nitrogens with zero attached hydrogens (tertiary/aromatic N) is 2. The molecule has 0 spiro atoms. The molecule has 2 rings (SSSR count). The normalized spacial score (nSPS) is 32.8. The summed E-state index contributed by atoms with van der Waals surface area (Å²) >= 11 is 0. The highest BCUT2D eigenvalue weighted by molar-refractivity contribution is 4.80. The predicted octanol–water partition coefficient (Wildman–Crippen LogP) is 3.92. The molecule has 2 aliphatic heterocycles. The van der Waals surface area contributed by atoms with Crippen LogP contribution in [0.2, 0.25) is 0 Å². The Hall–Kier alpha value is -0.0800. The van der Waals surface area contributed by atoms with Gasteiger partial charge in [-0.2, -0.15) is 0 Å². The average molecular weight is 252 g/mol. The van der Waals surface area contributed by atoms with Crippen LogP contribution >= 0.6 is 0 Å². The summed E-state index contributed by atoms with van der Waals surface area (Å²) in [5, 5.41) is 5.39. The van der Waals surface area contributed by atoms with Crippen LogP contribution in [0, 0.1) is 11.8 Å². The lowest BCUT2D eigenvalue weighted by molar-refractivity contribution is -0.104. The van der Waals surface area contributed by atoms with Crippen molar-refractivity contribution in [2.75, 3.05) is 19.6 Å². The maximum absolute atomic E-state index is 2.71. The SMILES string of the molecule is CCCC1CCN(N2CC(CC)CCC2C)CC1. The quantitative estimate of drug-likeness (QED) is 0.748. The molecule has 2 atom stereocenters. The van der Waals surface area contributed by atoms with Crippen LogP contribution in [0.15, 0.2) is 0 Å². The fourth-order valence-corrected chi connectivity index (χ4v) is 3.76. The maximum atomic E-state index is 2.71. The standard InChI is InChI=1S/C16H32N2/c1-4-6-16-9-11-17(12-10-16)18-13-15(5-2)8-7-14(18)3/h14-16H,4-13H2,1-3H3. The van der Waals surface area contributed by atoms with Crippen LogP contribution in [0.3, 0.4) is 0 Å². The topological polar surface area (TPSA) is 6.48 Å². The molecule has 18 heavy (non-hydrogen) atoms. The summed E-state index contributed by atoms with van der Waals surface area (Å²) in [5.41, 5.74) is 0. The fourth-order valence-electron chi connectivity index (χ4n) is 3.76. The van der Waals surface area contributed by atoms with E-state index in [0.29, 0.717) is 0 Å². The summed E-state index contributed by atoms with van der Waals surface area (Å²) < 4.78 is 0.